The summed E-state index contributed by atoms with van der Waals surface area (Å²) in [5.74, 6) is 0.489. The molecule has 0 radical (unpaired) electrons. The zero-order chi connectivity index (χ0) is 19.5. The van der Waals surface area contributed by atoms with Crippen LogP contribution in [0, 0.1) is 0 Å². The Bertz CT molecular complexity index is 1030. The van der Waals surface area contributed by atoms with Crippen LogP contribution in [0.5, 0.6) is 0 Å². The van der Waals surface area contributed by atoms with Crippen molar-refractivity contribution >= 4 is 29.1 Å². The van der Waals surface area contributed by atoms with E-state index in [2.05, 4.69) is 15.5 Å². The quantitative estimate of drug-likeness (QED) is 0.713. The smallest absolute Gasteiger partial charge is 0.251 e. The first-order chi connectivity index (χ1) is 13.6. The second-order valence-electron chi connectivity index (χ2n) is 6.40. The minimum Gasteiger partial charge on any atom is -0.343 e. The van der Waals surface area contributed by atoms with E-state index in [1.165, 1.54) is 0 Å². The van der Waals surface area contributed by atoms with Crippen LogP contribution in [0.2, 0.25) is 5.02 Å². The fraction of sp³-hybridized carbons (Fsp3) is 0.200. The Hall–Kier alpha value is -3.19. The van der Waals surface area contributed by atoms with Crippen LogP contribution in [0.1, 0.15) is 29.1 Å². The SMILES string of the molecule is O=C(NCc1nc(-c2cccc(Cl)c2)no1)c1cccc(N2CCCC2=O)c1. The Labute approximate surface area is 166 Å². The maximum absolute atomic E-state index is 12.5. The van der Waals surface area contributed by atoms with Crippen molar-refractivity contribution in [2.45, 2.75) is 19.4 Å². The molecule has 0 aliphatic carbocycles. The first-order valence-corrected chi connectivity index (χ1v) is 9.25. The predicted molar refractivity (Wildman–Crippen MR) is 104 cm³/mol. The standard InChI is InChI=1S/C20H17ClN4O3/c21-15-6-1-4-13(10-15)19-23-17(28-24-19)12-22-20(27)14-5-2-7-16(11-14)25-9-3-8-18(25)26/h1-2,4-7,10-11H,3,8-9,12H2,(H,22,27). The molecule has 2 aromatic carbocycles. The predicted octanol–water partition coefficient (Wildman–Crippen LogP) is 3.45. The molecular formula is C20H17ClN4O3. The molecule has 0 spiro atoms. The van der Waals surface area contributed by atoms with E-state index in [-0.39, 0.29) is 24.2 Å². The molecule has 0 bridgehead atoms. The van der Waals surface area contributed by atoms with E-state index in [1.807, 2.05) is 12.1 Å². The van der Waals surface area contributed by atoms with Crippen molar-refractivity contribution in [1.29, 1.82) is 0 Å². The van der Waals surface area contributed by atoms with Crippen LogP contribution in [0.3, 0.4) is 0 Å². The Morgan fingerprint density at radius 3 is 2.86 bits per heavy atom. The summed E-state index contributed by atoms with van der Waals surface area (Å²) < 4.78 is 5.19. The summed E-state index contributed by atoms with van der Waals surface area (Å²) >= 11 is 5.97. The van der Waals surface area contributed by atoms with Crippen molar-refractivity contribution in [3.05, 3.63) is 65.0 Å². The lowest BCUT2D eigenvalue weighted by Crippen LogP contribution is -2.25. The molecule has 2 amide bonds. The summed E-state index contributed by atoms with van der Waals surface area (Å²) in [4.78, 5) is 30.3. The van der Waals surface area contributed by atoms with Gasteiger partial charge in [-0.25, -0.2) is 0 Å². The molecule has 1 aromatic heterocycles. The summed E-state index contributed by atoms with van der Waals surface area (Å²) in [6.07, 6.45) is 1.38. The monoisotopic (exact) mass is 396 g/mol. The molecule has 1 saturated heterocycles. The summed E-state index contributed by atoms with van der Waals surface area (Å²) in [6, 6.07) is 14.1. The lowest BCUT2D eigenvalue weighted by molar-refractivity contribution is -0.117. The Kier molecular flexibility index (Phi) is 5.08. The minimum atomic E-state index is -0.281. The third-order valence-electron chi connectivity index (χ3n) is 4.44. The van der Waals surface area contributed by atoms with E-state index in [4.69, 9.17) is 16.1 Å². The second-order valence-corrected chi connectivity index (χ2v) is 6.84. The molecule has 28 heavy (non-hydrogen) atoms. The number of rotatable bonds is 5. The third-order valence-corrected chi connectivity index (χ3v) is 4.68. The topological polar surface area (TPSA) is 88.3 Å². The summed E-state index contributed by atoms with van der Waals surface area (Å²) in [6.45, 7) is 0.775. The Balaban J connectivity index is 1.42. The number of amides is 2. The van der Waals surface area contributed by atoms with Gasteiger partial charge in [0, 0.05) is 34.8 Å². The fourth-order valence-corrected chi connectivity index (χ4v) is 3.26. The molecule has 0 unspecified atom stereocenters. The van der Waals surface area contributed by atoms with E-state index in [9.17, 15) is 9.59 Å². The average molecular weight is 397 g/mol. The van der Waals surface area contributed by atoms with Crippen molar-refractivity contribution in [3.63, 3.8) is 0 Å². The van der Waals surface area contributed by atoms with Crippen molar-refractivity contribution in [2.24, 2.45) is 0 Å². The molecule has 1 aliphatic rings. The number of hydrogen-bond donors (Lipinski definition) is 1. The zero-order valence-electron chi connectivity index (χ0n) is 14.9. The molecule has 0 atom stereocenters. The third kappa shape index (κ3) is 3.89. The summed E-state index contributed by atoms with van der Waals surface area (Å²) in [5, 5.41) is 7.25. The molecule has 2 heterocycles. The molecule has 142 valence electrons. The number of halogens is 1. The van der Waals surface area contributed by atoms with Gasteiger partial charge in [-0.2, -0.15) is 4.98 Å². The van der Waals surface area contributed by atoms with Crippen molar-refractivity contribution in [2.75, 3.05) is 11.4 Å². The van der Waals surface area contributed by atoms with Gasteiger partial charge in [0.25, 0.3) is 5.91 Å². The molecular weight excluding hydrogens is 380 g/mol. The largest absolute Gasteiger partial charge is 0.343 e. The molecule has 0 saturated carbocycles. The molecule has 7 nitrogen and oxygen atoms in total. The van der Waals surface area contributed by atoms with Crippen LogP contribution < -0.4 is 10.2 Å². The average Bonchev–Trinajstić information content (AvgIpc) is 3.35. The van der Waals surface area contributed by atoms with Gasteiger partial charge in [-0.05, 0) is 36.8 Å². The number of carbonyl (C=O) groups excluding carboxylic acids is 2. The highest BCUT2D eigenvalue weighted by Gasteiger charge is 2.22. The number of carbonyl (C=O) groups is 2. The first kappa shape index (κ1) is 18.2. The number of aromatic nitrogens is 2. The number of nitrogens with one attached hydrogen (secondary N) is 1. The highest BCUT2D eigenvalue weighted by molar-refractivity contribution is 6.30. The fourth-order valence-electron chi connectivity index (χ4n) is 3.07. The summed E-state index contributed by atoms with van der Waals surface area (Å²) in [5.41, 5.74) is 1.93. The number of nitrogens with zero attached hydrogens (tertiary/aromatic N) is 3. The van der Waals surface area contributed by atoms with Gasteiger partial charge in [-0.1, -0.05) is 35.0 Å². The van der Waals surface area contributed by atoms with Gasteiger partial charge in [0.05, 0.1) is 6.54 Å². The van der Waals surface area contributed by atoms with E-state index in [0.717, 1.165) is 17.7 Å². The van der Waals surface area contributed by atoms with Crippen LogP contribution >= 0.6 is 11.6 Å². The van der Waals surface area contributed by atoms with Gasteiger partial charge in [-0.15, -0.1) is 0 Å². The molecule has 1 N–H and O–H groups in total. The number of anilines is 1. The Morgan fingerprint density at radius 1 is 1.21 bits per heavy atom. The van der Waals surface area contributed by atoms with Crippen LogP contribution in [0.25, 0.3) is 11.4 Å². The van der Waals surface area contributed by atoms with Crippen molar-refractivity contribution in [1.82, 2.24) is 15.5 Å². The van der Waals surface area contributed by atoms with Gasteiger partial charge in [0.15, 0.2) is 0 Å². The van der Waals surface area contributed by atoms with Gasteiger partial charge < -0.3 is 14.7 Å². The molecule has 1 fully saturated rings. The van der Waals surface area contributed by atoms with Crippen LogP contribution in [0.15, 0.2) is 53.1 Å². The highest BCUT2D eigenvalue weighted by atomic mass is 35.5. The molecule has 3 aromatic rings. The highest BCUT2D eigenvalue weighted by Crippen LogP contribution is 2.22. The Morgan fingerprint density at radius 2 is 2.07 bits per heavy atom. The second kappa shape index (κ2) is 7.82. The maximum atomic E-state index is 12.5. The minimum absolute atomic E-state index is 0.0805. The van der Waals surface area contributed by atoms with E-state index >= 15 is 0 Å². The number of hydrogen-bond acceptors (Lipinski definition) is 5. The zero-order valence-corrected chi connectivity index (χ0v) is 15.6. The molecule has 1 aliphatic heterocycles. The van der Waals surface area contributed by atoms with Gasteiger partial charge in [0.2, 0.25) is 17.6 Å². The van der Waals surface area contributed by atoms with Crippen molar-refractivity contribution in [3.8, 4) is 11.4 Å². The first-order valence-electron chi connectivity index (χ1n) is 8.87. The van der Waals surface area contributed by atoms with Crippen LogP contribution in [-0.2, 0) is 11.3 Å². The van der Waals surface area contributed by atoms with Gasteiger partial charge in [0.1, 0.15) is 0 Å². The number of benzene rings is 2. The maximum Gasteiger partial charge on any atom is 0.251 e. The van der Waals surface area contributed by atoms with Crippen molar-refractivity contribution < 1.29 is 14.1 Å². The van der Waals surface area contributed by atoms with E-state index < -0.39 is 0 Å². The van der Waals surface area contributed by atoms with Gasteiger partial charge >= 0.3 is 0 Å². The lowest BCUT2D eigenvalue weighted by atomic mass is 10.1. The summed E-state index contributed by atoms with van der Waals surface area (Å²) in [7, 11) is 0. The van der Waals surface area contributed by atoms with E-state index in [0.29, 0.717) is 29.4 Å². The lowest BCUT2D eigenvalue weighted by Gasteiger charge is -2.16. The van der Waals surface area contributed by atoms with Crippen LogP contribution in [-0.4, -0.2) is 28.5 Å². The van der Waals surface area contributed by atoms with Gasteiger partial charge in [-0.3, -0.25) is 9.59 Å². The molecule has 4 rings (SSSR count). The molecule has 8 heteroatoms. The van der Waals surface area contributed by atoms with E-state index in [1.54, 1.807) is 41.3 Å². The van der Waals surface area contributed by atoms with Crippen LogP contribution in [0.4, 0.5) is 5.69 Å². The normalized spacial score (nSPS) is 13.8.